The molecular weight excluding hydrogens is 853 g/mol. The first-order valence-electron chi connectivity index (χ1n) is 17.7. The van der Waals surface area contributed by atoms with Crippen LogP contribution in [0.4, 0.5) is 50.2 Å². The molecule has 59 heavy (non-hydrogen) atoms. The molecule has 0 saturated carbocycles. The average Bonchev–Trinajstić information content (AvgIpc) is 3.82. The molecule has 310 valence electrons. The van der Waals surface area contributed by atoms with Gasteiger partial charge in [-0.25, -0.2) is 41.8 Å². The minimum atomic E-state index is -1.94. The molecule has 3 aromatic heterocycles. The molecule has 0 radical (unpaired) electrons. The maximum absolute atomic E-state index is 15.9. The fraction of sp³-hybridized carbons (Fsp3) is 0.297. The van der Waals surface area contributed by atoms with Crippen LogP contribution in [0.25, 0.3) is 16.7 Å². The van der Waals surface area contributed by atoms with E-state index in [2.05, 4.69) is 10.1 Å². The average molecular weight is 883 g/mol. The zero-order chi connectivity index (χ0) is 42.3. The topological polar surface area (TPSA) is 153 Å². The predicted molar refractivity (Wildman–Crippen MR) is 207 cm³/mol. The van der Waals surface area contributed by atoms with Gasteiger partial charge in [-0.05, 0) is 50.2 Å². The van der Waals surface area contributed by atoms with Crippen LogP contribution in [0.3, 0.4) is 0 Å². The number of hydrogen-bond acceptors (Lipinski definition) is 12. The van der Waals surface area contributed by atoms with Crippen LogP contribution in [0.5, 0.6) is 0 Å². The second-order valence-corrected chi connectivity index (χ2v) is 15.6. The van der Waals surface area contributed by atoms with Crippen LogP contribution in [0.15, 0.2) is 70.3 Å². The van der Waals surface area contributed by atoms with Gasteiger partial charge in [0.2, 0.25) is 15.4 Å². The van der Waals surface area contributed by atoms with E-state index < -0.39 is 75.1 Å². The van der Waals surface area contributed by atoms with E-state index in [0.717, 1.165) is 44.8 Å². The molecule has 0 bridgehead atoms. The van der Waals surface area contributed by atoms with Gasteiger partial charge >= 0.3 is 18.2 Å². The maximum Gasteiger partial charge on any atom is 0.418 e. The Balaban J connectivity index is 1.11. The van der Waals surface area contributed by atoms with Gasteiger partial charge < -0.3 is 28.5 Å². The van der Waals surface area contributed by atoms with Crippen molar-refractivity contribution in [3.8, 4) is 5.69 Å². The lowest BCUT2D eigenvalue weighted by Crippen LogP contribution is -2.48. The highest BCUT2D eigenvalue weighted by Gasteiger charge is 2.47. The van der Waals surface area contributed by atoms with Crippen molar-refractivity contribution in [2.75, 3.05) is 59.0 Å². The Hall–Kier alpha value is -5.79. The third-order valence-corrected chi connectivity index (χ3v) is 9.75. The van der Waals surface area contributed by atoms with Crippen LogP contribution >= 0.6 is 34.8 Å². The first-order chi connectivity index (χ1) is 28.1. The molecule has 2 aliphatic heterocycles. The SMILES string of the molecule is CCOC(=O)c1cn(-c2ccc(F)cc2F)c2nc(N3CCN(c4ccc(N5C(=O)O[C@@H](N(C(=O)OCC(Cl)(Cl)Cl)c6ccon6)C5C)cc4F)CC3)c(F)cc2c1=O. The van der Waals surface area contributed by atoms with Crippen LogP contribution < -0.4 is 25.0 Å². The highest BCUT2D eigenvalue weighted by molar-refractivity contribution is 6.67. The fourth-order valence-electron chi connectivity index (χ4n) is 6.74. The third kappa shape index (κ3) is 8.26. The smallest absolute Gasteiger partial charge is 0.418 e. The van der Waals surface area contributed by atoms with Gasteiger partial charge in [-0.15, -0.1) is 0 Å². The summed E-state index contributed by atoms with van der Waals surface area (Å²) in [5, 5.41) is 3.39. The molecule has 7 rings (SSSR count). The second-order valence-electron chi connectivity index (χ2n) is 13.1. The Labute approximate surface area is 346 Å². The summed E-state index contributed by atoms with van der Waals surface area (Å²) < 4.78 is 80.2. The van der Waals surface area contributed by atoms with E-state index >= 15 is 13.2 Å². The van der Waals surface area contributed by atoms with Crippen LogP contribution in [0, 0.1) is 23.3 Å². The lowest BCUT2D eigenvalue weighted by Gasteiger charge is -2.37. The normalized spacial score (nSPS) is 17.0. The molecule has 0 N–H and O–H groups in total. The van der Waals surface area contributed by atoms with Gasteiger partial charge in [0.05, 0.1) is 35.1 Å². The summed E-state index contributed by atoms with van der Waals surface area (Å²) in [6.07, 6.45) is -1.14. The molecule has 2 fully saturated rings. The first-order valence-corrected chi connectivity index (χ1v) is 18.8. The molecule has 2 atom stereocenters. The number of carbonyl (C=O) groups excluding carboxylic acids is 3. The number of rotatable bonds is 9. The fourth-order valence-corrected chi connectivity index (χ4v) is 6.91. The van der Waals surface area contributed by atoms with Gasteiger partial charge in [-0.3, -0.25) is 14.3 Å². The van der Waals surface area contributed by atoms with Gasteiger partial charge in [0.25, 0.3) is 0 Å². The number of ether oxygens (including phenoxy) is 3. The lowest BCUT2D eigenvalue weighted by atomic mass is 10.1. The van der Waals surface area contributed by atoms with Gasteiger partial charge in [0.15, 0.2) is 23.1 Å². The molecule has 15 nitrogen and oxygen atoms in total. The summed E-state index contributed by atoms with van der Waals surface area (Å²) in [7, 11) is 0. The van der Waals surface area contributed by atoms with Crippen molar-refractivity contribution in [2.24, 2.45) is 0 Å². The third-order valence-electron chi connectivity index (χ3n) is 9.43. The number of pyridine rings is 2. The van der Waals surface area contributed by atoms with Crippen molar-refractivity contribution in [2.45, 2.75) is 29.9 Å². The number of amides is 2. The van der Waals surface area contributed by atoms with Gasteiger partial charge in [0, 0.05) is 44.5 Å². The molecule has 0 aliphatic carbocycles. The Bertz CT molecular complexity index is 2500. The van der Waals surface area contributed by atoms with Crippen LogP contribution in [-0.2, 0) is 14.2 Å². The summed E-state index contributed by atoms with van der Waals surface area (Å²) in [6, 6.07) is 7.99. The molecular formula is C37H30Cl3F4N7O8. The molecule has 2 aromatic carbocycles. The van der Waals surface area contributed by atoms with E-state index in [9.17, 15) is 23.6 Å². The minimum absolute atomic E-state index is 0.0775. The van der Waals surface area contributed by atoms with Crippen LogP contribution in [-0.4, -0.2) is 88.3 Å². The molecule has 2 amide bonds. The number of nitrogens with zero attached hydrogens (tertiary/aromatic N) is 7. The quantitative estimate of drug-likeness (QED) is 0.0642. The number of halogens is 7. The number of fused-ring (bicyclic) bond motifs is 1. The Morgan fingerprint density at radius 3 is 2.25 bits per heavy atom. The maximum atomic E-state index is 15.9. The number of cyclic esters (lactones) is 1. The number of alkyl halides is 3. The van der Waals surface area contributed by atoms with Crippen molar-refractivity contribution in [3.05, 3.63) is 100 Å². The molecule has 5 aromatic rings. The van der Waals surface area contributed by atoms with E-state index in [-0.39, 0.29) is 72.5 Å². The lowest BCUT2D eigenvalue weighted by molar-refractivity contribution is 0.0524. The number of aromatic nitrogens is 3. The zero-order valence-corrected chi connectivity index (χ0v) is 33.0. The summed E-state index contributed by atoms with van der Waals surface area (Å²) in [5.41, 5.74) is -1.65. The van der Waals surface area contributed by atoms with Gasteiger partial charge in [-0.2, -0.15) is 0 Å². The van der Waals surface area contributed by atoms with Crippen molar-refractivity contribution in [3.63, 3.8) is 0 Å². The van der Waals surface area contributed by atoms with Crippen LogP contribution in [0.2, 0.25) is 0 Å². The second kappa shape index (κ2) is 16.5. The Kier molecular flexibility index (Phi) is 11.5. The molecule has 1 unspecified atom stereocenters. The number of anilines is 4. The first kappa shape index (κ1) is 41.4. The summed E-state index contributed by atoms with van der Waals surface area (Å²) >= 11 is 17.2. The van der Waals surface area contributed by atoms with Crippen molar-refractivity contribution < 1.29 is 50.7 Å². The Morgan fingerprint density at radius 1 is 0.915 bits per heavy atom. The number of esters is 1. The predicted octanol–water partition coefficient (Wildman–Crippen LogP) is 7.12. The number of benzene rings is 2. The standard InChI is InChI=1S/C37H30Cl3F4N7O8/c1-3-56-34(53)23-17-49(28-6-4-20(41)14-24(28)42)31-22(30(23)52)16-26(44)32(45-31)48-11-9-47(10-12-48)27-7-5-21(15-25(27)43)50-19(2)33(59-36(50)55)51(29-8-13-58-46-29)35(54)57-18-37(38,39)40/h4-8,13-17,19,33H,3,9-12,18H2,1-2H3/t19?,33-/m1/s1. The van der Waals surface area contributed by atoms with Crippen molar-refractivity contribution in [1.29, 1.82) is 0 Å². The molecule has 2 saturated heterocycles. The largest absolute Gasteiger partial charge is 0.462 e. The van der Waals surface area contributed by atoms with E-state index in [1.54, 1.807) is 16.7 Å². The molecule has 0 spiro atoms. The van der Waals surface area contributed by atoms with Crippen molar-refractivity contribution in [1.82, 2.24) is 14.7 Å². The molecule has 5 heterocycles. The Morgan fingerprint density at radius 2 is 1.61 bits per heavy atom. The zero-order valence-electron chi connectivity index (χ0n) is 30.7. The molecule has 2 aliphatic rings. The van der Waals surface area contributed by atoms with E-state index in [0.29, 0.717) is 6.07 Å². The van der Waals surface area contributed by atoms with E-state index in [1.807, 2.05) is 0 Å². The summed E-state index contributed by atoms with van der Waals surface area (Å²) in [5.74, 6) is -4.87. The van der Waals surface area contributed by atoms with Crippen LogP contribution in [0.1, 0.15) is 24.2 Å². The summed E-state index contributed by atoms with van der Waals surface area (Å²) in [6.45, 7) is 2.88. The van der Waals surface area contributed by atoms with Gasteiger partial charge in [0.1, 0.15) is 35.9 Å². The minimum Gasteiger partial charge on any atom is -0.462 e. The highest BCUT2D eigenvalue weighted by Crippen LogP contribution is 2.35. The van der Waals surface area contributed by atoms with E-state index in [1.165, 1.54) is 31.4 Å². The van der Waals surface area contributed by atoms with E-state index in [4.69, 9.17) is 53.5 Å². The van der Waals surface area contributed by atoms with Gasteiger partial charge in [-0.1, -0.05) is 40.0 Å². The number of hydrogen-bond donors (Lipinski definition) is 0. The molecule has 22 heteroatoms. The summed E-state index contributed by atoms with van der Waals surface area (Å²) in [4.78, 5) is 61.9. The monoisotopic (exact) mass is 881 g/mol. The number of piperazine rings is 1. The highest BCUT2D eigenvalue weighted by atomic mass is 35.6. The van der Waals surface area contributed by atoms with Crippen molar-refractivity contribution >= 4 is 87.0 Å². The number of carbonyl (C=O) groups is 3.